The highest BCUT2D eigenvalue weighted by Gasteiger charge is 2.19. The molecular formula is C15H29NO2. The van der Waals surface area contributed by atoms with E-state index in [0.717, 1.165) is 19.0 Å². The van der Waals surface area contributed by atoms with Gasteiger partial charge in [0, 0.05) is 13.1 Å². The quantitative estimate of drug-likeness (QED) is 0.791. The van der Waals surface area contributed by atoms with Crippen molar-refractivity contribution >= 4 is 5.97 Å². The molecule has 0 aromatic heterocycles. The summed E-state index contributed by atoms with van der Waals surface area (Å²) in [4.78, 5) is 13.2. The summed E-state index contributed by atoms with van der Waals surface area (Å²) in [6, 6.07) is 0. The van der Waals surface area contributed by atoms with Gasteiger partial charge in [-0.25, -0.2) is 0 Å². The topological polar surface area (TPSA) is 40.5 Å². The molecule has 0 aliphatic heterocycles. The van der Waals surface area contributed by atoms with Gasteiger partial charge in [0.25, 0.3) is 0 Å². The van der Waals surface area contributed by atoms with Crippen molar-refractivity contribution in [1.29, 1.82) is 0 Å². The van der Waals surface area contributed by atoms with Crippen LogP contribution in [0.15, 0.2) is 0 Å². The molecule has 106 valence electrons. The number of hydrogen-bond acceptors (Lipinski definition) is 2. The summed E-state index contributed by atoms with van der Waals surface area (Å²) in [5.41, 5.74) is 0. The van der Waals surface area contributed by atoms with Gasteiger partial charge in [0.2, 0.25) is 0 Å². The molecule has 1 saturated carbocycles. The van der Waals surface area contributed by atoms with Gasteiger partial charge in [-0.15, -0.1) is 0 Å². The zero-order chi connectivity index (χ0) is 13.4. The van der Waals surface area contributed by atoms with E-state index in [4.69, 9.17) is 5.11 Å². The van der Waals surface area contributed by atoms with Crippen LogP contribution in [-0.4, -0.2) is 35.6 Å². The number of aliphatic carboxylic acids is 1. The first kappa shape index (κ1) is 15.5. The van der Waals surface area contributed by atoms with E-state index in [9.17, 15) is 4.79 Å². The van der Waals surface area contributed by atoms with E-state index in [1.54, 1.807) is 0 Å². The second-order valence-electron chi connectivity index (χ2n) is 5.80. The summed E-state index contributed by atoms with van der Waals surface area (Å²) in [5.74, 6) is -0.143. The molecule has 0 spiro atoms. The van der Waals surface area contributed by atoms with Crippen molar-refractivity contribution in [3.8, 4) is 0 Å². The monoisotopic (exact) mass is 255 g/mol. The molecule has 0 amide bonds. The van der Waals surface area contributed by atoms with Crippen LogP contribution in [0.25, 0.3) is 0 Å². The predicted molar refractivity (Wildman–Crippen MR) is 74.7 cm³/mol. The Labute approximate surface area is 112 Å². The molecule has 3 nitrogen and oxygen atoms in total. The molecule has 0 aromatic rings. The van der Waals surface area contributed by atoms with Crippen molar-refractivity contribution in [2.75, 3.05) is 19.6 Å². The van der Waals surface area contributed by atoms with Crippen LogP contribution in [0.2, 0.25) is 0 Å². The van der Waals surface area contributed by atoms with Crippen molar-refractivity contribution in [2.45, 2.75) is 58.8 Å². The summed E-state index contributed by atoms with van der Waals surface area (Å²) in [7, 11) is 0. The van der Waals surface area contributed by atoms with Gasteiger partial charge in [-0.05, 0) is 25.3 Å². The van der Waals surface area contributed by atoms with E-state index in [1.807, 2.05) is 6.92 Å². The molecule has 1 aliphatic rings. The minimum Gasteiger partial charge on any atom is -0.481 e. The fourth-order valence-corrected chi connectivity index (χ4v) is 2.89. The van der Waals surface area contributed by atoms with Crippen LogP contribution in [-0.2, 0) is 4.79 Å². The molecule has 0 bridgehead atoms. The number of carboxylic acids is 1. The van der Waals surface area contributed by atoms with Crippen LogP contribution in [0.1, 0.15) is 58.8 Å². The van der Waals surface area contributed by atoms with Crippen LogP contribution < -0.4 is 0 Å². The van der Waals surface area contributed by atoms with Crippen molar-refractivity contribution < 1.29 is 9.90 Å². The van der Waals surface area contributed by atoms with Crippen LogP contribution in [0, 0.1) is 11.8 Å². The van der Waals surface area contributed by atoms with Crippen LogP contribution in [0.5, 0.6) is 0 Å². The molecule has 1 aliphatic carbocycles. The Hall–Kier alpha value is -0.570. The Morgan fingerprint density at radius 3 is 2.28 bits per heavy atom. The van der Waals surface area contributed by atoms with Crippen LogP contribution in [0.4, 0.5) is 0 Å². The Kier molecular flexibility index (Phi) is 7.33. The van der Waals surface area contributed by atoms with E-state index in [-0.39, 0.29) is 5.92 Å². The molecule has 1 atom stereocenters. The lowest BCUT2D eigenvalue weighted by atomic mass is 9.90. The lowest BCUT2D eigenvalue weighted by Gasteiger charge is -2.28. The molecule has 0 aromatic carbocycles. The maximum atomic E-state index is 10.9. The predicted octanol–water partition coefficient (Wildman–Crippen LogP) is 3.39. The molecule has 18 heavy (non-hydrogen) atoms. The van der Waals surface area contributed by atoms with Crippen molar-refractivity contribution in [1.82, 2.24) is 4.90 Å². The van der Waals surface area contributed by atoms with Gasteiger partial charge < -0.3 is 10.0 Å². The summed E-state index contributed by atoms with van der Waals surface area (Å²) in [5, 5.41) is 8.99. The van der Waals surface area contributed by atoms with Crippen molar-refractivity contribution in [3.63, 3.8) is 0 Å². The molecule has 0 heterocycles. The van der Waals surface area contributed by atoms with Gasteiger partial charge in [-0.1, -0.05) is 46.0 Å². The average molecular weight is 255 g/mol. The Morgan fingerprint density at radius 2 is 1.78 bits per heavy atom. The lowest BCUT2D eigenvalue weighted by Crippen LogP contribution is -2.35. The molecule has 0 radical (unpaired) electrons. The smallest absolute Gasteiger partial charge is 0.307 e. The standard InChI is InChI=1S/C15H29NO2/c1-3-16(11-13(2)15(17)18)12-14-9-7-5-4-6-8-10-14/h13-14H,3-12H2,1-2H3,(H,17,18). The minimum absolute atomic E-state index is 0.251. The molecule has 0 saturated heterocycles. The normalized spacial score (nSPS) is 20.4. The lowest BCUT2D eigenvalue weighted by molar-refractivity contribution is -0.141. The highest BCUT2D eigenvalue weighted by atomic mass is 16.4. The third kappa shape index (κ3) is 5.85. The maximum Gasteiger partial charge on any atom is 0.307 e. The van der Waals surface area contributed by atoms with Gasteiger partial charge >= 0.3 is 5.97 Å². The SMILES string of the molecule is CCN(CC1CCCCCCC1)CC(C)C(=O)O. The fourth-order valence-electron chi connectivity index (χ4n) is 2.89. The Morgan fingerprint density at radius 1 is 1.22 bits per heavy atom. The second kappa shape index (κ2) is 8.52. The minimum atomic E-state index is -0.675. The van der Waals surface area contributed by atoms with Gasteiger partial charge in [0.05, 0.1) is 5.92 Å². The summed E-state index contributed by atoms with van der Waals surface area (Å²) in [6.07, 6.45) is 9.55. The van der Waals surface area contributed by atoms with Crippen molar-refractivity contribution in [2.24, 2.45) is 11.8 Å². The number of carboxylic acid groups (broad SMARTS) is 1. The Bertz CT molecular complexity index is 235. The number of hydrogen-bond donors (Lipinski definition) is 1. The van der Waals surface area contributed by atoms with Gasteiger partial charge in [-0.3, -0.25) is 4.79 Å². The zero-order valence-electron chi connectivity index (χ0n) is 12.0. The van der Waals surface area contributed by atoms with Crippen molar-refractivity contribution in [3.05, 3.63) is 0 Å². The highest BCUT2D eigenvalue weighted by Crippen LogP contribution is 2.23. The second-order valence-corrected chi connectivity index (χ2v) is 5.80. The molecule has 1 N–H and O–H groups in total. The third-order valence-corrected chi connectivity index (χ3v) is 4.14. The largest absolute Gasteiger partial charge is 0.481 e. The first-order valence-electron chi connectivity index (χ1n) is 7.58. The van der Waals surface area contributed by atoms with E-state index < -0.39 is 5.97 Å². The maximum absolute atomic E-state index is 10.9. The number of nitrogens with zero attached hydrogens (tertiary/aromatic N) is 1. The summed E-state index contributed by atoms with van der Waals surface area (Å²) < 4.78 is 0. The summed E-state index contributed by atoms with van der Waals surface area (Å²) in [6.45, 7) is 6.70. The van der Waals surface area contributed by atoms with E-state index in [2.05, 4.69) is 11.8 Å². The fraction of sp³-hybridized carbons (Fsp3) is 0.933. The molecule has 1 unspecified atom stereocenters. The van der Waals surface area contributed by atoms with E-state index in [0.29, 0.717) is 6.54 Å². The van der Waals surface area contributed by atoms with E-state index in [1.165, 1.54) is 44.9 Å². The van der Waals surface area contributed by atoms with Gasteiger partial charge in [0.1, 0.15) is 0 Å². The first-order valence-corrected chi connectivity index (χ1v) is 7.58. The molecule has 3 heteroatoms. The van der Waals surface area contributed by atoms with E-state index >= 15 is 0 Å². The molecular weight excluding hydrogens is 226 g/mol. The zero-order valence-corrected chi connectivity index (χ0v) is 12.0. The summed E-state index contributed by atoms with van der Waals surface area (Å²) >= 11 is 0. The molecule has 1 fully saturated rings. The number of carbonyl (C=O) groups is 1. The van der Waals surface area contributed by atoms with Crippen LogP contribution >= 0.6 is 0 Å². The average Bonchev–Trinajstić information content (AvgIpc) is 2.30. The van der Waals surface area contributed by atoms with Gasteiger partial charge in [-0.2, -0.15) is 0 Å². The van der Waals surface area contributed by atoms with Crippen LogP contribution in [0.3, 0.4) is 0 Å². The Balaban J connectivity index is 2.37. The molecule has 1 rings (SSSR count). The number of rotatable bonds is 6. The van der Waals surface area contributed by atoms with Gasteiger partial charge in [0.15, 0.2) is 0 Å². The third-order valence-electron chi connectivity index (χ3n) is 4.14. The first-order chi connectivity index (χ1) is 8.63. The highest BCUT2D eigenvalue weighted by molar-refractivity contribution is 5.69.